The molecule has 0 spiro atoms. The number of amides is 1. The van der Waals surface area contributed by atoms with E-state index in [0.717, 1.165) is 0 Å². The van der Waals surface area contributed by atoms with Crippen molar-refractivity contribution < 1.29 is 14.6 Å². The number of carbonyl (C=O) groups is 1. The van der Waals surface area contributed by atoms with E-state index in [-0.39, 0.29) is 0 Å². The number of aliphatic hydroxyl groups is 1. The molecule has 1 rings (SSSR count). The van der Waals surface area contributed by atoms with Crippen molar-refractivity contribution in [3.63, 3.8) is 0 Å². The number of hydrogen-bond donors (Lipinski definition) is 4. The van der Waals surface area contributed by atoms with E-state index in [1.54, 1.807) is 26.2 Å². The van der Waals surface area contributed by atoms with Crippen LogP contribution in [0, 0.1) is 0 Å². The van der Waals surface area contributed by atoms with Gasteiger partial charge in [-0.3, -0.25) is 4.79 Å². The number of carbonyl (C=O) groups excluding carboxylic acids is 1. The lowest BCUT2D eigenvalue weighted by Gasteiger charge is -2.24. The van der Waals surface area contributed by atoms with Crippen LogP contribution >= 0.6 is 0 Å². The molecule has 0 saturated heterocycles. The fraction of sp³-hybridized carbons (Fsp3) is 0.462. The van der Waals surface area contributed by atoms with Gasteiger partial charge in [-0.15, -0.1) is 0 Å². The molecule has 1 aromatic rings. The zero-order valence-electron chi connectivity index (χ0n) is 11.3. The molecule has 0 saturated carbocycles. The molecule has 0 radical (unpaired) electrons. The van der Waals surface area contributed by atoms with E-state index >= 15 is 0 Å². The predicted octanol–water partition coefficient (Wildman–Crippen LogP) is 0.567. The van der Waals surface area contributed by atoms with Crippen molar-refractivity contribution in [2.45, 2.75) is 18.9 Å². The van der Waals surface area contributed by atoms with Crippen molar-refractivity contribution in [3.05, 3.63) is 23.8 Å². The Balaban J connectivity index is 2.65. The maximum Gasteiger partial charge on any atom is 0.248 e. The number of primary amides is 1. The Kier molecular flexibility index (Phi) is 5.14. The SMILES string of the molecule is COCCC(C)(O)CNc1ccc(C(N)=O)cc1N. The summed E-state index contributed by atoms with van der Waals surface area (Å²) in [6.45, 7) is 2.52. The Hall–Kier alpha value is -1.79. The van der Waals surface area contributed by atoms with Gasteiger partial charge in [0.15, 0.2) is 0 Å². The summed E-state index contributed by atoms with van der Waals surface area (Å²) in [5.41, 5.74) is 11.5. The van der Waals surface area contributed by atoms with Gasteiger partial charge >= 0.3 is 0 Å². The van der Waals surface area contributed by atoms with Gasteiger partial charge in [0, 0.05) is 32.2 Å². The van der Waals surface area contributed by atoms with E-state index in [0.29, 0.717) is 36.5 Å². The largest absolute Gasteiger partial charge is 0.397 e. The molecule has 6 heteroatoms. The Morgan fingerprint density at radius 3 is 2.74 bits per heavy atom. The van der Waals surface area contributed by atoms with Gasteiger partial charge < -0.3 is 26.6 Å². The Morgan fingerprint density at radius 2 is 2.21 bits per heavy atom. The molecule has 19 heavy (non-hydrogen) atoms. The summed E-state index contributed by atoms with van der Waals surface area (Å²) in [6.07, 6.45) is 0.510. The highest BCUT2D eigenvalue weighted by atomic mass is 16.5. The lowest BCUT2D eigenvalue weighted by Crippen LogP contribution is -2.34. The van der Waals surface area contributed by atoms with Crippen LogP contribution in [0.5, 0.6) is 0 Å². The molecule has 106 valence electrons. The summed E-state index contributed by atoms with van der Waals surface area (Å²) in [6, 6.07) is 4.77. The third kappa shape index (κ3) is 4.76. The van der Waals surface area contributed by atoms with Gasteiger partial charge in [-0.2, -0.15) is 0 Å². The molecular formula is C13H21N3O3. The van der Waals surface area contributed by atoms with E-state index in [9.17, 15) is 9.90 Å². The van der Waals surface area contributed by atoms with Crippen molar-refractivity contribution in [2.24, 2.45) is 5.73 Å². The molecule has 0 aliphatic rings. The van der Waals surface area contributed by atoms with Crippen LogP contribution in [0.1, 0.15) is 23.7 Å². The second-order valence-electron chi connectivity index (χ2n) is 4.76. The first-order chi connectivity index (χ1) is 8.85. The first-order valence-corrected chi connectivity index (χ1v) is 6.00. The van der Waals surface area contributed by atoms with Gasteiger partial charge in [0.1, 0.15) is 0 Å². The van der Waals surface area contributed by atoms with Crippen LogP contribution in [0.4, 0.5) is 11.4 Å². The van der Waals surface area contributed by atoms with Crippen LogP contribution in [0.15, 0.2) is 18.2 Å². The summed E-state index contributed by atoms with van der Waals surface area (Å²) >= 11 is 0. The average Bonchev–Trinajstić information content (AvgIpc) is 2.35. The van der Waals surface area contributed by atoms with Crippen LogP contribution in [0.25, 0.3) is 0 Å². The molecule has 1 aromatic carbocycles. The number of methoxy groups -OCH3 is 1. The Labute approximate surface area is 112 Å². The zero-order valence-corrected chi connectivity index (χ0v) is 11.3. The second kappa shape index (κ2) is 6.40. The normalized spacial score (nSPS) is 13.8. The van der Waals surface area contributed by atoms with Crippen molar-refractivity contribution in [1.82, 2.24) is 0 Å². The minimum atomic E-state index is -0.898. The molecule has 1 amide bonds. The zero-order chi connectivity index (χ0) is 14.5. The molecule has 1 unspecified atom stereocenters. The van der Waals surface area contributed by atoms with E-state index in [4.69, 9.17) is 16.2 Å². The molecule has 0 heterocycles. The van der Waals surface area contributed by atoms with Gasteiger partial charge in [0.05, 0.1) is 17.0 Å². The third-order valence-corrected chi connectivity index (χ3v) is 2.84. The molecule has 1 atom stereocenters. The van der Waals surface area contributed by atoms with Crippen LogP contribution in [0.2, 0.25) is 0 Å². The van der Waals surface area contributed by atoms with E-state index < -0.39 is 11.5 Å². The predicted molar refractivity (Wildman–Crippen MR) is 75.0 cm³/mol. The summed E-state index contributed by atoms with van der Waals surface area (Å²) < 4.78 is 4.93. The highest BCUT2D eigenvalue weighted by Gasteiger charge is 2.20. The standard InChI is InChI=1S/C13H21N3O3/c1-13(18,5-6-19-2)8-16-11-4-3-9(12(15)17)7-10(11)14/h3-4,7,16,18H,5-6,8,14H2,1-2H3,(H2,15,17). The molecule has 0 bridgehead atoms. The lowest BCUT2D eigenvalue weighted by atomic mass is 10.0. The molecule has 6 N–H and O–H groups in total. The number of anilines is 2. The summed E-state index contributed by atoms with van der Waals surface area (Å²) in [4.78, 5) is 11.0. The maximum absolute atomic E-state index is 11.0. The van der Waals surface area contributed by atoms with Crippen molar-refractivity contribution in [1.29, 1.82) is 0 Å². The molecule has 0 fully saturated rings. The summed E-state index contributed by atoms with van der Waals surface area (Å²) in [7, 11) is 1.59. The highest BCUT2D eigenvalue weighted by molar-refractivity contribution is 5.94. The Morgan fingerprint density at radius 1 is 1.53 bits per heavy atom. The number of nitrogens with two attached hydrogens (primary N) is 2. The van der Waals surface area contributed by atoms with Crippen LogP contribution in [0.3, 0.4) is 0 Å². The fourth-order valence-electron chi connectivity index (χ4n) is 1.57. The summed E-state index contributed by atoms with van der Waals surface area (Å²) in [5.74, 6) is -0.523. The number of hydrogen-bond acceptors (Lipinski definition) is 5. The maximum atomic E-state index is 11.0. The second-order valence-corrected chi connectivity index (χ2v) is 4.76. The van der Waals surface area contributed by atoms with Crippen LogP contribution in [-0.4, -0.2) is 36.9 Å². The highest BCUT2D eigenvalue weighted by Crippen LogP contribution is 2.21. The van der Waals surface area contributed by atoms with Crippen molar-refractivity contribution in [3.8, 4) is 0 Å². The van der Waals surface area contributed by atoms with E-state index in [2.05, 4.69) is 5.32 Å². The van der Waals surface area contributed by atoms with Crippen molar-refractivity contribution in [2.75, 3.05) is 31.3 Å². The molecule has 6 nitrogen and oxygen atoms in total. The topological polar surface area (TPSA) is 111 Å². The van der Waals surface area contributed by atoms with Crippen molar-refractivity contribution >= 4 is 17.3 Å². The first-order valence-electron chi connectivity index (χ1n) is 6.00. The number of ether oxygens (including phenoxy) is 1. The minimum Gasteiger partial charge on any atom is -0.397 e. The number of nitrogen functional groups attached to an aromatic ring is 1. The number of benzene rings is 1. The Bertz CT molecular complexity index is 447. The van der Waals surface area contributed by atoms with Gasteiger partial charge in [0.2, 0.25) is 5.91 Å². The average molecular weight is 267 g/mol. The monoisotopic (exact) mass is 267 g/mol. The molecule has 0 aliphatic heterocycles. The summed E-state index contributed by atoms with van der Waals surface area (Å²) in [5, 5.41) is 13.1. The van der Waals surface area contributed by atoms with Gasteiger partial charge in [-0.05, 0) is 25.1 Å². The third-order valence-electron chi connectivity index (χ3n) is 2.84. The first kappa shape index (κ1) is 15.3. The van der Waals surface area contributed by atoms with Gasteiger partial charge in [-0.25, -0.2) is 0 Å². The number of nitrogens with one attached hydrogen (secondary N) is 1. The number of rotatable bonds is 7. The van der Waals surface area contributed by atoms with E-state index in [1.165, 1.54) is 6.07 Å². The quantitative estimate of drug-likeness (QED) is 0.540. The molecular weight excluding hydrogens is 246 g/mol. The molecule has 0 aliphatic carbocycles. The van der Waals surface area contributed by atoms with Crippen LogP contribution in [-0.2, 0) is 4.74 Å². The smallest absolute Gasteiger partial charge is 0.248 e. The van der Waals surface area contributed by atoms with E-state index in [1.807, 2.05) is 0 Å². The minimum absolute atomic E-state index is 0.330. The molecule has 0 aromatic heterocycles. The van der Waals surface area contributed by atoms with Gasteiger partial charge in [-0.1, -0.05) is 0 Å². The fourth-order valence-corrected chi connectivity index (χ4v) is 1.57. The van der Waals surface area contributed by atoms with Gasteiger partial charge in [0.25, 0.3) is 0 Å². The lowest BCUT2D eigenvalue weighted by molar-refractivity contribution is 0.0357. The van der Waals surface area contributed by atoms with Crippen LogP contribution < -0.4 is 16.8 Å².